The number of aliphatic hydroxyl groups excluding tert-OH is 2. The summed E-state index contributed by atoms with van der Waals surface area (Å²) < 4.78 is 19.7. The van der Waals surface area contributed by atoms with E-state index in [1.165, 1.54) is 21.8 Å². The van der Waals surface area contributed by atoms with Gasteiger partial charge in [-0.25, -0.2) is 9.97 Å². The maximum atomic E-state index is 11.8. The number of nitrogen functional groups attached to an aromatic ring is 2. The van der Waals surface area contributed by atoms with Crippen LogP contribution < -0.4 is 22.6 Å². The summed E-state index contributed by atoms with van der Waals surface area (Å²) in [6.07, 6.45) is 1.30. The van der Waals surface area contributed by atoms with Gasteiger partial charge in [0, 0.05) is 0 Å². The van der Waals surface area contributed by atoms with Crippen LogP contribution in [-0.2, 0) is 27.7 Å². The molecule has 0 aliphatic heterocycles. The van der Waals surface area contributed by atoms with E-state index in [9.17, 15) is 19.8 Å². The molecule has 8 N–H and O–H groups in total. The summed E-state index contributed by atoms with van der Waals surface area (Å²) in [5, 5.41) is 19.2. The number of aromatic nitrogens is 8. The number of nitrogens with two attached hydrogens (primary N) is 2. The Labute approximate surface area is 207 Å². The monoisotopic (exact) mass is 528 g/mol. The van der Waals surface area contributed by atoms with Crippen LogP contribution >= 0.6 is 12.4 Å². The van der Waals surface area contributed by atoms with Crippen LogP contribution in [0.15, 0.2) is 22.2 Å². The number of hydrogen-bond donors (Lipinski definition) is 6. The molecular formula is C18H25ClN10O7. The van der Waals surface area contributed by atoms with Gasteiger partial charge in [-0.15, -0.1) is 12.4 Å². The lowest BCUT2D eigenvalue weighted by Gasteiger charge is -2.19. The number of hydrogen-bond acceptors (Lipinski definition) is 13. The van der Waals surface area contributed by atoms with Gasteiger partial charge in [0.25, 0.3) is 11.1 Å². The van der Waals surface area contributed by atoms with Crippen molar-refractivity contribution < 1.29 is 24.4 Å². The number of nitrogens with zero attached hydrogens (tertiary/aromatic N) is 6. The highest BCUT2D eigenvalue weighted by molar-refractivity contribution is 5.85. The second-order valence-electron chi connectivity index (χ2n) is 7.41. The van der Waals surface area contributed by atoms with Crippen molar-refractivity contribution in [1.29, 1.82) is 0 Å². The predicted molar refractivity (Wildman–Crippen MR) is 127 cm³/mol. The van der Waals surface area contributed by atoms with Crippen LogP contribution in [0, 0.1) is 0 Å². The third kappa shape index (κ3) is 5.96. The van der Waals surface area contributed by atoms with E-state index in [0.29, 0.717) is 0 Å². The van der Waals surface area contributed by atoms with Gasteiger partial charge in [-0.05, 0) is 0 Å². The molecule has 4 aromatic rings. The van der Waals surface area contributed by atoms with Gasteiger partial charge < -0.3 is 35.9 Å². The smallest absolute Gasteiger partial charge is 0.280 e. The van der Waals surface area contributed by atoms with Crippen LogP contribution in [-0.4, -0.2) is 87.9 Å². The molecule has 2 unspecified atom stereocenters. The Hall–Kier alpha value is -3.61. The summed E-state index contributed by atoms with van der Waals surface area (Å²) in [5.74, 6) is -0.118. The van der Waals surface area contributed by atoms with E-state index in [-0.39, 0.29) is 86.5 Å². The summed E-state index contributed by atoms with van der Waals surface area (Å²) in [6, 6.07) is 0. The molecule has 2 atom stereocenters. The van der Waals surface area contributed by atoms with Crippen LogP contribution in [0.25, 0.3) is 22.3 Å². The van der Waals surface area contributed by atoms with E-state index >= 15 is 0 Å². The van der Waals surface area contributed by atoms with E-state index in [4.69, 9.17) is 25.7 Å². The molecule has 0 saturated heterocycles. The first-order valence-corrected chi connectivity index (χ1v) is 10.3. The molecule has 18 heteroatoms. The third-order valence-corrected chi connectivity index (χ3v) is 4.90. The van der Waals surface area contributed by atoms with Crippen molar-refractivity contribution in [1.82, 2.24) is 39.0 Å². The van der Waals surface area contributed by atoms with Gasteiger partial charge >= 0.3 is 0 Å². The van der Waals surface area contributed by atoms with Crippen molar-refractivity contribution in [2.45, 2.75) is 25.7 Å². The van der Waals surface area contributed by atoms with E-state index in [2.05, 4.69) is 29.9 Å². The third-order valence-electron chi connectivity index (χ3n) is 4.90. The average Bonchev–Trinajstić information content (AvgIpc) is 3.42. The molecule has 196 valence electrons. The Morgan fingerprint density at radius 3 is 1.64 bits per heavy atom. The number of H-pyrrole nitrogens is 2. The number of imidazole rings is 2. The second kappa shape index (κ2) is 11.9. The first-order chi connectivity index (χ1) is 16.9. The molecule has 0 spiro atoms. The normalized spacial score (nSPS) is 13.2. The summed E-state index contributed by atoms with van der Waals surface area (Å²) >= 11 is 0. The molecule has 4 rings (SSSR count). The maximum Gasteiger partial charge on any atom is 0.280 e. The zero-order chi connectivity index (χ0) is 24.9. The number of halogens is 1. The quantitative estimate of drug-likeness (QED) is 0.112. The van der Waals surface area contributed by atoms with E-state index < -0.39 is 23.3 Å². The summed E-state index contributed by atoms with van der Waals surface area (Å²) in [4.78, 5) is 44.4. The molecule has 0 bridgehead atoms. The molecule has 0 aliphatic rings. The highest BCUT2D eigenvalue weighted by atomic mass is 35.5. The van der Waals surface area contributed by atoms with Gasteiger partial charge in [0.2, 0.25) is 11.9 Å². The van der Waals surface area contributed by atoms with Crippen LogP contribution in [0.3, 0.4) is 0 Å². The zero-order valence-electron chi connectivity index (χ0n) is 18.7. The number of aliphatic hydroxyl groups is 2. The van der Waals surface area contributed by atoms with Gasteiger partial charge in [0.1, 0.15) is 25.7 Å². The molecule has 0 fully saturated rings. The fraction of sp³-hybridized carbons (Fsp3) is 0.444. The maximum absolute atomic E-state index is 11.8. The number of anilines is 2. The Bertz CT molecular complexity index is 1310. The number of nitrogens with one attached hydrogen (secondary N) is 2. The predicted octanol–water partition coefficient (Wildman–Crippen LogP) is -2.47. The van der Waals surface area contributed by atoms with Gasteiger partial charge in [-0.1, -0.05) is 0 Å². The largest absolute Gasteiger partial charge is 0.394 e. The van der Waals surface area contributed by atoms with Crippen molar-refractivity contribution in [3.8, 4) is 0 Å². The van der Waals surface area contributed by atoms with Crippen LogP contribution in [0.2, 0.25) is 0 Å². The van der Waals surface area contributed by atoms with E-state index in [1.54, 1.807) is 0 Å². The standard InChI is InChI=1S/C18H24N10O7.ClH/c19-17-23-13-11(15(31)25-17)21-5-27(13)7-34-9(1-29)3-33-4-10(2-30)35-8-28-6-22-12-14(28)24-18(20)26-16(12)32;/h5-6,9-10,29-30H,1-4,7-8H2,(H3,19,23,25,31)(H3,20,24,26,32);1H. The summed E-state index contributed by atoms with van der Waals surface area (Å²) in [5.41, 5.74) is 10.9. The lowest BCUT2D eigenvalue weighted by Crippen LogP contribution is -2.30. The Kier molecular flexibility index (Phi) is 8.91. The zero-order valence-corrected chi connectivity index (χ0v) is 19.6. The van der Waals surface area contributed by atoms with Gasteiger partial charge in [0.15, 0.2) is 22.3 Å². The molecule has 0 aromatic carbocycles. The Morgan fingerprint density at radius 1 is 0.833 bits per heavy atom. The highest BCUT2D eigenvalue weighted by Crippen LogP contribution is 2.09. The Balaban J connectivity index is 0.00000361. The fourth-order valence-electron chi connectivity index (χ4n) is 3.14. The molecule has 4 aromatic heterocycles. The van der Waals surface area contributed by atoms with Crippen LogP contribution in [0.5, 0.6) is 0 Å². The minimum Gasteiger partial charge on any atom is -0.394 e. The van der Waals surface area contributed by atoms with Crippen LogP contribution in [0.4, 0.5) is 11.9 Å². The summed E-state index contributed by atoms with van der Waals surface area (Å²) in [6.45, 7) is -0.860. The Morgan fingerprint density at radius 2 is 1.25 bits per heavy atom. The number of aromatic amines is 2. The van der Waals surface area contributed by atoms with Crippen molar-refractivity contribution in [3.05, 3.63) is 33.4 Å². The first kappa shape index (κ1) is 27.0. The van der Waals surface area contributed by atoms with Gasteiger partial charge in [-0.3, -0.25) is 28.7 Å². The minimum absolute atomic E-state index is 0. The molecule has 0 saturated carbocycles. The molecule has 0 radical (unpaired) electrons. The number of fused-ring (bicyclic) bond motifs is 2. The molecule has 17 nitrogen and oxygen atoms in total. The van der Waals surface area contributed by atoms with Crippen molar-refractivity contribution in [2.75, 3.05) is 37.9 Å². The first-order valence-electron chi connectivity index (χ1n) is 10.3. The van der Waals surface area contributed by atoms with Crippen LogP contribution in [0.1, 0.15) is 0 Å². The molecule has 36 heavy (non-hydrogen) atoms. The fourth-order valence-corrected chi connectivity index (χ4v) is 3.14. The summed E-state index contributed by atoms with van der Waals surface area (Å²) in [7, 11) is 0. The average molecular weight is 529 g/mol. The SMILES string of the molecule is Cl.Nc1nc2c(ncn2COC(CO)COCC(CO)OCn2cnc3c(=O)[nH]c(N)nc32)c(=O)[nH]1. The van der Waals surface area contributed by atoms with Gasteiger partial charge in [-0.2, -0.15) is 9.97 Å². The van der Waals surface area contributed by atoms with E-state index in [0.717, 1.165) is 0 Å². The second-order valence-corrected chi connectivity index (χ2v) is 7.41. The van der Waals surface area contributed by atoms with Crippen molar-refractivity contribution in [2.24, 2.45) is 0 Å². The molecule has 4 heterocycles. The highest BCUT2D eigenvalue weighted by Gasteiger charge is 2.16. The molecule has 0 amide bonds. The minimum atomic E-state index is -0.720. The van der Waals surface area contributed by atoms with Crippen molar-refractivity contribution in [3.63, 3.8) is 0 Å². The number of ether oxygens (including phenoxy) is 3. The van der Waals surface area contributed by atoms with Crippen molar-refractivity contribution >= 4 is 46.6 Å². The van der Waals surface area contributed by atoms with E-state index in [1.807, 2.05) is 0 Å². The number of rotatable bonds is 12. The molecular weight excluding hydrogens is 504 g/mol. The lowest BCUT2D eigenvalue weighted by atomic mass is 10.4. The lowest BCUT2D eigenvalue weighted by molar-refractivity contribution is -0.102. The molecule has 0 aliphatic carbocycles. The van der Waals surface area contributed by atoms with Gasteiger partial charge in [0.05, 0.1) is 39.1 Å². The topological polar surface area (TPSA) is 247 Å².